The second-order valence-corrected chi connectivity index (χ2v) is 4.75. The maximum absolute atomic E-state index is 13.2. The van der Waals surface area contributed by atoms with Gasteiger partial charge in [-0.15, -0.1) is 0 Å². The van der Waals surface area contributed by atoms with Crippen LogP contribution >= 0.6 is 0 Å². The number of ether oxygens (including phenoxy) is 2. The van der Waals surface area contributed by atoms with E-state index in [0.717, 1.165) is 25.0 Å². The van der Waals surface area contributed by atoms with Gasteiger partial charge >= 0.3 is 12.1 Å². The standard InChI is InChI=1S/C15H15F3N2O4/c1-9-11(5-4-10(6-19)13(9)15(16,17)18)20(8-21)12(7-23-2)14(22)24-3/h4-5,8,12H,7H2,1-3H3. The lowest BCUT2D eigenvalue weighted by molar-refractivity contribution is -0.144. The van der Waals surface area contributed by atoms with Crippen molar-refractivity contribution in [2.45, 2.75) is 19.1 Å². The largest absolute Gasteiger partial charge is 0.467 e. The molecule has 0 aliphatic carbocycles. The van der Waals surface area contributed by atoms with Gasteiger partial charge in [0.15, 0.2) is 6.04 Å². The summed E-state index contributed by atoms with van der Waals surface area (Å²) in [5, 5.41) is 8.89. The molecule has 130 valence electrons. The number of halogens is 3. The van der Waals surface area contributed by atoms with Crippen molar-refractivity contribution in [1.82, 2.24) is 0 Å². The lowest BCUT2D eigenvalue weighted by Crippen LogP contribution is -2.45. The van der Waals surface area contributed by atoms with Crippen molar-refractivity contribution in [3.05, 3.63) is 28.8 Å². The topological polar surface area (TPSA) is 79.6 Å². The second kappa shape index (κ2) is 7.79. The number of methoxy groups -OCH3 is 2. The zero-order chi connectivity index (χ0) is 18.5. The first-order chi connectivity index (χ1) is 11.2. The van der Waals surface area contributed by atoms with Crippen LogP contribution in [0.15, 0.2) is 12.1 Å². The molecule has 1 atom stereocenters. The molecule has 9 heteroatoms. The molecule has 24 heavy (non-hydrogen) atoms. The van der Waals surface area contributed by atoms with Crippen molar-refractivity contribution < 1.29 is 32.2 Å². The number of hydrogen-bond donors (Lipinski definition) is 0. The summed E-state index contributed by atoms with van der Waals surface area (Å²) in [6.45, 7) is 0.850. The summed E-state index contributed by atoms with van der Waals surface area (Å²) >= 11 is 0. The first kappa shape index (κ1) is 19.4. The fourth-order valence-electron chi connectivity index (χ4n) is 2.29. The van der Waals surface area contributed by atoms with Crippen LogP contribution in [0.1, 0.15) is 16.7 Å². The van der Waals surface area contributed by atoms with E-state index in [0.29, 0.717) is 0 Å². The Kier molecular flexibility index (Phi) is 6.31. The predicted molar refractivity (Wildman–Crippen MR) is 77.1 cm³/mol. The van der Waals surface area contributed by atoms with Gasteiger partial charge in [0.1, 0.15) is 0 Å². The Labute approximate surface area is 136 Å². The maximum Gasteiger partial charge on any atom is 0.418 e. The minimum atomic E-state index is -4.79. The van der Waals surface area contributed by atoms with Crippen molar-refractivity contribution >= 4 is 18.1 Å². The number of rotatable bonds is 6. The van der Waals surface area contributed by atoms with Gasteiger partial charge in [0.25, 0.3) is 0 Å². The number of nitriles is 1. The van der Waals surface area contributed by atoms with Crippen LogP contribution < -0.4 is 4.90 Å². The molecule has 0 aliphatic rings. The summed E-state index contributed by atoms with van der Waals surface area (Å²) in [4.78, 5) is 24.0. The molecular formula is C15H15F3N2O4. The third-order valence-electron chi connectivity index (χ3n) is 3.37. The second-order valence-electron chi connectivity index (χ2n) is 4.75. The van der Waals surface area contributed by atoms with Gasteiger partial charge in [-0.2, -0.15) is 18.4 Å². The van der Waals surface area contributed by atoms with E-state index in [9.17, 15) is 22.8 Å². The highest BCUT2D eigenvalue weighted by molar-refractivity contribution is 5.90. The number of hydrogen-bond acceptors (Lipinski definition) is 5. The molecule has 0 fully saturated rings. The van der Waals surface area contributed by atoms with Crippen molar-refractivity contribution in [3.8, 4) is 6.07 Å². The summed E-state index contributed by atoms with van der Waals surface area (Å²) in [5.74, 6) is -0.846. The highest BCUT2D eigenvalue weighted by atomic mass is 19.4. The van der Waals surface area contributed by atoms with E-state index in [1.54, 1.807) is 0 Å². The molecule has 0 spiro atoms. The van der Waals surface area contributed by atoms with Crippen molar-refractivity contribution in [2.24, 2.45) is 0 Å². The summed E-state index contributed by atoms with van der Waals surface area (Å²) in [6.07, 6.45) is -4.57. The Morgan fingerprint density at radius 1 is 1.42 bits per heavy atom. The number of anilines is 1. The fraction of sp³-hybridized carbons (Fsp3) is 0.400. The van der Waals surface area contributed by atoms with Crippen LogP contribution in [0.5, 0.6) is 0 Å². The van der Waals surface area contributed by atoms with Crippen LogP contribution in [0.25, 0.3) is 0 Å². The molecule has 0 heterocycles. The molecule has 0 radical (unpaired) electrons. The SMILES string of the molecule is COCC(C(=O)OC)N(C=O)c1ccc(C#N)c(C(F)(F)F)c1C. The number of esters is 1. The van der Waals surface area contributed by atoms with Crippen LogP contribution in [0.4, 0.5) is 18.9 Å². The van der Waals surface area contributed by atoms with Crippen molar-refractivity contribution in [2.75, 3.05) is 25.7 Å². The number of alkyl halides is 3. The van der Waals surface area contributed by atoms with Crippen molar-refractivity contribution in [1.29, 1.82) is 5.26 Å². The molecule has 0 saturated heterocycles. The molecule has 1 rings (SSSR count). The average molecular weight is 344 g/mol. The van der Waals surface area contributed by atoms with Crippen LogP contribution in [0.2, 0.25) is 0 Å². The lowest BCUT2D eigenvalue weighted by atomic mass is 9.99. The van der Waals surface area contributed by atoms with Crippen LogP contribution in [-0.4, -0.2) is 39.2 Å². The Morgan fingerprint density at radius 3 is 2.46 bits per heavy atom. The van der Waals surface area contributed by atoms with Gasteiger partial charge in [-0.05, 0) is 24.6 Å². The fourth-order valence-corrected chi connectivity index (χ4v) is 2.29. The molecule has 1 aromatic rings. The molecule has 0 saturated carbocycles. The average Bonchev–Trinajstić information content (AvgIpc) is 2.53. The summed E-state index contributed by atoms with van der Waals surface area (Å²) < 4.78 is 49.1. The van der Waals surface area contributed by atoms with Gasteiger partial charge in [-0.1, -0.05) is 0 Å². The van der Waals surface area contributed by atoms with E-state index in [1.807, 2.05) is 0 Å². The molecule has 6 nitrogen and oxygen atoms in total. The van der Waals surface area contributed by atoms with E-state index < -0.39 is 29.3 Å². The third-order valence-corrected chi connectivity index (χ3v) is 3.37. The number of nitrogens with zero attached hydrogens (tertiary/aromatic N) is 2. The maximum atomic E-state index is 13.2. The molecule has 0 bridgehead atoms. The number of carbonyl (C=O) groups excluding carboxylic acids is 2. The molecular weight excluding hydrogens is 329 g/mol. The Hall–Kier alpha value is -2.60. The molecule has 1 aromatic carbocycles. The Balaban J connectivity index is 3.55. The Bertz CT molecular complexity index is 668. The van der Waals surface area contributed by atoms with E-state index in [-0.39, 0.29) is 24.3 Å². The molecule has 0 N–H and O–H groups in total. The number of carbonyl (C=O) groups is 2. The van der Waals surface area contributed by atoms with E-state index in [4.69, 9.17) is 10.00 Å². The first-order valence-corrected chi connectivity index (χ1v) is 6.64. The number of amides is 1. The monoisotopic (exact) mass is 344 g/mol. The van der Waals surface area contributed by atoms with Crippen LogP contribution in [-0.2, 0) is 25.2 Å². The minimum Gasteiger partial charge on any atom is -0.467 e. The van der Waals surface area contributed by atoms with Gasteiger partial charge in [0, 0.05) is 12.8 Å². The molecule has 1 amide bonds. The summed E-state index contributed by atoms with van der Waals surface area (Å²) in [6, 6.07) is 2.33. The first-order valence-electron chi connectivity index (χ1n) is 6.64. The summed E-state index contributed by atoms with van der Waals surface area (Å²) in [5.41, 5.74) is -2.24. The zero-order valence-electron chi connectivity index (χ0n) is 13.2. The van der Waals surface area contributed by atoms with E-state index in [1.165, 1.54) is 19.2 Å². The summed E-state index contributed by atoms with van der Waals surface area (Å²) in [7, 11) is 2.35. The smallest absolute Gasteiger partial charge is 0.418 e. The zero-order valence-corrected chi connectivity index (χ0v) is 13.2. The van der Waals surface area contributed by atoms with Crippen molar-refractivity contribution in [3.63, 3.8) is 0 Å². The van der Waals surface area contributed by atoms with E-state index >= 15 is 0 Å². The normalized spacial score (nSPS) is 12.2. The molecule has 0 aromatic heterocycles. The van der Waals surface area contributed by atoms with Crippen LogP contribution in [0, 0.1) is 18.3 Å². The van der Waals surface area contributed by atoms with Gasteiger partial charge in [-0.25, -0.2) is 4.79 Å². The number of benzene rings is 1. The highest BCUT2D eigenvalue weighted by Crippen LogP contribution is 2.38. The van der Waals surface area contributed by atoms with E-state index in [2.05, 4.69) is 4.74 Å². The molecule has 1 unspecified atom stereocenters. The third kappa shape index (κ3) is 3.83. The quantitative estimate of drug-likeness (QED) is 0.583. The van der Waals surface area contributed by atoms with Gasteiger partial charge in [0.2, 0.25) is 6.41 Å². The predicted octanol–water partition coefficient (Wildman–Crippen LogP) is 2.04. The van der Waals surface area contributed by atoms with Gasteiger partial charge in [-0.3, -0.25) is 9.69 Å². The highest BCUT2D eigenvalue weighted by Gasteiger charge is 2.38. The lowest BCUT2D eigenvalue weighted by Gasteiger charge is -2.28. The van der Waals surface area contributed by atoms with Gasteiger partial charge < -0.3 is 9.47 Å². The minimum absolute atomic E-state index is 0.163. The Morgan fingerprint density at radius 2 is 2.04 bits per heavy atom. The van der Waals surface area contributed by atoms with Gasteiger partial charge in [0.05, 0.1) is 30.9 Å². The van der Waals surface area contributed by atoms with Crippen LogP contribution in [0.3, 0.4) is 0 Å². The molecule has 0 aliphatic heterocycles.